The predicted octanol–water partition coefficient (Wildman–Crippen LogP) is 3.81. The summed E-state index contributed by atoms with van der Waals surface area (Å²) in [6.45, 7) is 13.1. The number of aliphatic imine (C=N–C) groups is 1. The highest BCUT2D eigenvalue weighted by Gasteiger charge is 2.12. The number of carbonyl (C=O) groups is 1. The summed E-state index contributed by atoms with van der Waals surface area (Å²) in [5.74, 6) is 1.28. The number of benzene rings is 1. The van der Waals surface area contributed by atoms with Crippen LogP contribution in [0.15, 0.2) is 29.3 Å². The standard InChI is InChI=1S/C21H36N4O2.HI/c1-6-22-21(24-15-13-20(16(3)4)27-7-2)23-14-12-18-8-10-19(11-9-18)25-17(5)26;/h8-11,16,20H,6-7,12-15H2,1-5H3,(H,25,26)(H2,22,23,24);1H. The lowest BCUT2D eigenvalue weighted by atomic mass is 10.0. The Morgan fingerprint density at radius 2 is 1.82 bits per heavy atom. The molecular weight excluding hydrogens is 467 g/mol. The van der Waals surface area contributed by atoms with E-state index < -0.39 is 0 Å². The van der Waals surface area contributed by atoms with Gasteiger partial charge in [0, 0.05) is 38.9 Å². The number of halogens is 1. The van der Waals surface area contributed by atoms with Crippen molar-refractivity contribution in [3.05, 3.63) is 29.8 Å². The normalized spacial score (nSPS) is 12.3. The quantitative estimate of drug-likeness (QED) is 0.244. The minimum Gasteiger partial charge on any atom is -0.378 e. The number of ether oxygens (including phenoxy) is 1. The number of rotatable bonds is 11. The van der Waals surface area contributed by atoms with Gasteiger partial charge in [-0.15, -0.1) is 24.0 Å². The van der Waals surface area contributed by atoms with Crippen molar-refractivity contribution in [1.82, 2.24) is 10.6 Å². The Balaban J connectivity index is 0.00000729. The molecule has 1 rings (SSSR count). The van der Waals surface area contributed by atoms with E-state index in [-0.39, 0.29) is 36.0 Å². The second-order valence-corrected chi connectivity index (χ2v) is 6.84. The molecule has 28 heavy (non-hydrogen) atoms. The molecule has 1 amide bonds. The summed E-state index contributed by atoms with van der Waals surface area (Å²) < 4.78 is 5.78. The number of hydrogen-bond donors (Lipinski definition) is 3. The van der Waals surface area contributed by atoms with Crippen LogP contribution < -0.4 is 16.0 Å². The van der Waals surface area contributed by atoms with E-state index in [1.807, 2.05) is 31.2 Å². The summed E-state index contributed by atoms with van der Waals surface area (Å²) in [5.41, 5.74) is 2.03. The summed E-state index contributed by atoms with van der Waals surface area (Å²) in [5, 5.41) is 9.44. The Morgan fingerprint density at radius 3 is 2.36 bits per heavy atom. The Kier molecular flexibility index (Phi) is 14.8. The second-order valence-electron chi connectivity index (χ2n) is 6.84. The van der Waals surface area contributed by atoms with Crippen LogP contribution in [-0.4, -0.2) is 44.2 Å². The molecule has 0 fully saturated rings. The zero-order valence-electron chi connectivity index (χ0n) is 17.9. The molecule has 1 unspecified atom stereocenters. The molecule has 1 aromatic carbocycles. The van der Waals surface area contributed by atoms with Gasteiger partial charge in [-0.25, -0.2) is 0 Å². The first-order valence-corrected chi connectivity index (χ1v) is 9.96. The van der Waals surface area contributed by atoms with E-state index in [9.17, 15) is 4.79 Å². The number of nitrogens with zero attached hydrogens (tertiary/aromatic N) is 1. The number of anilines is 1. The monoisotopic (exact) mass is 504 g/mol. The van der Waals surface area contributed by atoms with Gasteiger partial charge in [0.2, 0.25) is 5.91 Å². The van der Waals surface area contributed by atoms with Crippen molar-refractivity contribution in [1.29, 1.82) is 0 Å². The summed E-state index contributed by atoms with van der Waals surface area (Å²) in [6.07, 6.45) is 2.06. The van der Waals surface area contributed by atoms with Crippen LogP contribution >= 0.6 is 24.0 Å². The van der Waals surface area contributed by atoms with Crippen LogP contribution in [0.4, 0.5) is 5.69 Å². The van der Waals surface area contributed by atoms with Gasteiger partial charge in [0.1, 0.15) is 0 Å². The van der Waals surface area contributed by atoms with Crippen LogP contribution in [0.5, 0.6) is 0 Å². The van der Waals surface area contributed by atoms with Gasteiger partial charge in [0.15, 0.2) is 5.96 Å². The number of carbonyl (C=O) groups excluding carboxylic acids is 1. The molecule has 0 aliphatic carbocycles. The van der Waals surface area contributed by atoms with Crippen molar-refractivity contribution in [3.8, 4) is 0 Å². The first-order valence-electron chi connectivity index (χ1n) is 9.96. The van der Waals surface area contributed by atoms with E-state index in [0.29, 0.717) is 5.92 Å². The van der Waals surface area contributed by atoms with Crippen molar-refractivity contribution >= 4 is 41.5 Å². The van der Waals surface area contributed by atoms with Crippen LogP contribution in [0, 0.1) is 5.92 Å². The number of hydrogen-bond acceptors (Lipinski definition) is 3. The average Bonchev–Trinajstić information content (AvgIpc) is 2.61. The molecule has 0 radical (unpaired) electrons. The fraction of sp³-hybridized carbons (Fsp3) is 0.619. The summed E-state index contributed by atoms with van der Waals surface area (Å²) in [6, 6.07) is 7.92. The van der Waals surface area contributed by atoms with E-state index in [2.05, 4.69) is 41.7 Å². The van der Waals surface area contributed by atoms with Crippen LogP contribution in [0.1, 0.15) is 46.6 Å². The molecule has 7 heteroatoms. The van der Waals surface area contributed by atoms with Crippen molar-refractivity contribution in [2.75, 3.05) is 31.6 Å². The summed E-state index contributed by atoms with van der Waals surface area (Å²) in [7, 11) is 0. The highest BCUT2D eigenvalue weighted by molar-refractivity contribution is 14.0. The Hall–Kier alpha value is -1.35. The van der Waals surface area contributed by atoms with Crippen molar-refractivity contribution < 1.29 is 9.53 Å². The molecule has 6 nitrogen and oxygen atoms in total. The van der Waals surface area contributed by atoms with Gasteiger partial charge in [0.25, 0.3) is 0 Å². The lowest BCUT2D eigenvalue weighted by Crippen LogP contribution is -2.38. The third-order valence-electron chi connectivity index (χ3n) is 4.13. The Bertz CT molecular complexity index is 576. The van der Waals surface area contributed by atoms with Crippen molar-refractivity contribution in [2.45, 2.75) is 53.6 Å². The lowest BCUT2D eigenvalue weighted by Gasteiger charge is -2.20. The highest BCUT2D eigenvalue weighted by Crippen LogP contribution is 2.11. The zero-order valence-corrected chi connectivity index (χ0v) is 20.2. The van der Waals surface area contributed by atoms with Crippen LogP contribution in [0.25, 0.3) is 0 Å². The largest absolute Gasteiger partial charge is 0.378 e. The van der Waals surface area contributed by atoms with Gasteiger partial charge >= 0.3 is 0 Å². The molecular formula is C21H37IN4O2. The minimum atomic E-state index is -0.0556. The van der Waals surface area contributed by atoms with Crippen LogP contribution in [0.3, 0.4) is 0 Å². The van der Waals surface area contributed by atoms with Crippen molar-refractivity contribution in [2.24, 2.45) is 10.9 Å². The zero-order chi connectivity index (χ0) is 20.1. The van der Waals surface area contributed by atoms with Gasteiger partial charge in [0.05, 0.1) is 6.10 Å². The molecule has 0 aliphatic heterocycles. The molecule has 160 valence electrons. The van der Waals surface area contributed by atoms with Crippen LogP contribution in [0.2, 0.25) is 0 Å². The van der Waals surface area contributed by atoms with Crippen LogP contribution in [-0.2, 0) is 16.0 Å². The van der Waals surface area contributed by atoms with E-state index in [0.717, 1.165) is 50.7 Å². The van der Waals surface area contributed by atoms with Gasteiger partial charge in [-0.3, -0.25) is 9.79 Å². The SMILES string of the molecule is CCNC(=NCCC(OCC)C(C)C)NCCc1ccc(NC(C)=O)cc1.I. The molecule has 0 aromatic heterocycles. The van der Waals surface area contributed by atoms with Crippen molar-refractivity contribution in [3.63, 3.8) is 0 Å². The van der Waals surface area contributed by atoms with E-state index in [1.165, 1.54) is 12.5 Å². The number of amides is 1. The Labute approximate surface area is 187 Å². The summed E-state index contributed by atoms with van der Waals surface area (Å²) >= 11 is 0. The molecule has 0 saturated carbocycles. The molecule has 0 heterocycles. The molecule has 3 N–H and O–H groups in total. The van der Waals surface area contributed by atoms with E-state index >= 15 is 0 Å². The number of guanidine groups is 1. The van der Waals surface area contributed by atoms with Gasteiger partial charge in [-0.05, 0) is 50.3 Å². The molecule has 0 aliphatic rings. The lowest BCUT2D eigenvalue weighted by molar-refractivity contribution is -0.114. The third kappa shape index (κ3) is 11.5. The molecule has 0 spiro atoms. The van der Waals surface area contributed by atoms with Gasteiger partial charge < -0.3 is 20.7 Å². The minimum absolute atomic E-state index is 0. The smallest absolute Gasteiger partial charge is 0.221 e. The topological polar surface area (TPSA) is 74.8 Å². The maximum atomic E-state index is 11.1. The van der Waals surface area contributed by atoms with E-state index in [4.69, 9.17) is 4.74 Å². The number of nitrogens with one attached hydrogen (secondary N) is 3. The maximum absolute atomic E-state index is 11.1. The molecule has 0 bridgehead atoms. The van der Waals surface area contributed by atoms with E-state index in [1.54, 1.807) is 0 Å². The summed E-state index contributed by atoms with van der Waals surface area (Å²) in [4.78, 5) is 15.7. The average molecular weight is 504 g/mol. The second kappa shape index (κ2) is 15.6. The fourth-order valence-corrected chi connectivity index (χ4v) is 2.75. The van der Waals surface area contributed by atoms with Gasteiger partial charge in [-0.1, -0.05) is 26.0 Å². The third-order valence-corrected chi connectivity index (χ3v) is 4.13. The Morgan fingerprint density at radius 1 is 1.14 bits per heavy atom. The first kappa shape index (κ1) is 26.6. The highest BCUT2D eigenvalue weighted by atomic mass is 127. The first-order chi connectivity index (χ1) is 13.0. The molecule has 0 saturated heterocycles. The maximum Gasteiger partial charge on any atom is 0.221 e. The van der Waals surface area contributed by atoms with Gasteiger partial charge in [-0.2, -0.15) is 0 Å². The fourth-order valence-electron chi connectivity index (χ4n) is 2.75. The molecule has 1 aromatic rings. The molecule has 1 atom stereocenters. The predicted molar refractivity (Wildman–Crippen MR) is 129 cm³/mol.